The third-order valence-corrected chi connectivity index (χ3v) is 3.69. The van der Waals surface area contributed by atoms with Gasteiger partial charge in [-0.2, -0.15) is 5.10 Å². The van der Waals surface area contributed by atoms with Crippen molar-refractivity contribution < 1.29 is 19.4 Å². The minimum absolute atomic E-state index is 0.0970. The van der Waals surface area contributed by atoms with Crippen molar-refractivity contribution in [2.75, 3.05) is 19.8 Å². The molecule has 2 rings (SSSR count). The Balaban J connectivity index is 1.80. The zero-order valence-corrected chi connectivity index (χ0v) is 12.0. The van der Waals surface area contributed by atoms with Crippen LogP contribution in [0.25, 0.3) is 0 Å². The third kappa shape index (κ3) is 3.94. The summed E-state index contributed by atoms with van der Waals surface area (Å²) in [6.07, 6.45) is 2.60. The van der Waals surface area contributed by atoms with Crippen LogP contribution < -0.4 is 10.6 Å². The monoisotopic (exact) mass is 296 g/mol. The van der Waals surface area contributed by atoms with Gasteiger partial charge in [-0.3, -0.25) is 9.48 Å². The largest absolute Gasteiger partial charge is 0.481 e. The van der Waals surface area contributed by atoms with Crippen LogP contribution in [0.15, 0.2) is 12.3 Å². The van der Waals surface area contributed by atoms with E-state index < -0.39 is 17.4 Å². The van der Waals surface area contributed by atoms with Crippen molar-refractivity contribution in [3.8, 4) is 0 Å². The summed E-state index contributed by atoms with van der Waals surface area (Å²) in [6.45, 7) is 1.21. The first-order valence-corrected chi connectivity index (χ1v) is 6.83. The molecule has 0 saturated carbocycles. The number of rotatable bonds is 5. The average Bonchev–Trinajstić information content (AvgIpc) is 2.89. The smallest absolute Gasteiger partial charge is 0.315 e. The van der Waals surface area contributed by atoms with E-state index in [-0.39, 0.29) is 6.54 Å². The lowest BCUT2D eigenvalue weighted by atomic mass is 9.80. The number of urea groups is 1. The summed E-state index contributed by atoms with van der Waals surface area (Å²) < 4.78 is 6.84. The van der Waals surface area contributed by atoms with Crippen LogP contribution >= 0.6 is 0 Å². The van der Waals surface area contributed by atoms with Gasteiger partial charge in [0.2, 0.25) is 0 Å². The number of hydrogen-bond donors (Lipinski definition) is 3. The molecule has 0 bridgehead atoms. The van der Waals surface area contributed by atoms with E-state index in [4.69, 9.17) is 4.74 Å². The predicted molar refractivity (Wildman–Crippen MR) is 73.6 cm³/mol. The number of aryl methyl sites for hydroxylation is 1. The number of carbonyl (C=O) groups excluding carboxylic acids is 1. The fourth-order valence-electron chi connectivity index (χ4n) is 2.27. The van der Waals surface area contributed by atoms with Gasteiger partial charge in [0.1, 0.15) is 0 Å². The van der Waals surface area contributed by atoms with Crippen LogP contribution in [-0.2, 0) is 23.1 Å². The highest BCUT2D eigenvalue weighted by molar-refractivity contribution is 5.78. The number of carbonyl (C=O) groups is 2. The van der Waals surface area contributed by atoms with E-state index in [2.05, 4.69) is 15.7 Å². The van der Waals surface area contributed by atoms with Gasteiger partial charge in [-0.05, 0) is 18.9 Å². The first-order chi connectivity index (χ1) is 10.0. The van der Waals surface area contributed by atoms with Gasteiger partial charge >= 0.3 is 12.0 Å². The quantitative estimate of drug-likeness (QED) is 0.714. The Morgan fingerprint density at radius 1 is 1.43 bits per heavy atom. The van der Waals surface area contributed by atoms with Crippen molar-refractivity contribution in [1.29, 1.82) is 0 Å². The van der Waals surface area contributed by atoms with Crippen molar-refractivity contribution in [3.05, 3.63) is 18.0 Å². The van der Waals surface area contributed by atoms with Crippen molar-refractivity contribution in [2.45, 2.75) is 19.4 Å². The summed E-state index contributed by atoms with van der Waals surface area (Å²) in [5.41, 5.74) is -0.188. The first kappa shape index (κ1) is 15.3. The molecule has 1 aliphatic rings. The maximum atomic E-state index is 11.7. The minimum Gasteiger partial charge on any atom is -0.481 e. The molecule has 1 fully saturated rings. The Labute approximate surface area is 122 Å². The van der Waals surface area contributed by atoms with Gasteiger partial charge in [0.05, 0.1) is 17.7 Å². The number of carboxylic acids is 1. The number of carboxylic acid groups (broad SMARTS) is 1. The number of amides is 2. The summed E-state index contributed by atoms with van der Waals surface area (Å²) in [5, 5.41) is 18.8. The van der Waals surface area contributed by atoms with Crippen molar-refractivity contribution in [1.82, 2.24) is 20.4 Å². The van der Waals surface area contributed by atoms with Crippen LogP contribution in [0.1, 0.15) is 18.5 Å². The van der Waals surface area contributed by atoms with Crippen molar-refractivity contribution >= 4 is 12.0 Å². The number of nitrogens with zero attached hydrogens (tertiary/aromatic N) is 2. The van der Waals surface area contributed by atoms with E-state index in [1.165, 1.54) is 0 Å². The van der Waals surface area contributed by atoms with Crippen LogP contribution in [-0.4, -0.2) is 46.6 Å². The molecule has 0 atom stereocenters. The van der Waals surface area contributed by atoms with Gasteiger partial charge in [0.25, 0.3) is 0 Å². The second kappa shape index (κ2) is 6.57. The summed E-state index contributed by atoms with van der Waals surface area (Å²) in [6, 6.07) is 1.41. The molecule has 1 saturated heterocycles. The fraction of sp³-hybridized carbons (Fsp3) is 0.615. The van der Waals surface area contributed by atoms with Crippen LogP contribution in [0.4, 0.5) is 4.79 Å². The summed E-state index contributed by atoms with van der Waals surface area (Å²) in [7, 11) is 1.80. The average molecular weight is 296 g/mol. The molecule has 0 radical (unpaired) electrons. The maximum Gasteiger partial charge on any atom is 0.315 e. The van der Waals surface area contributed by atoms with E-state index >= 15 is 0 Å². The lowest BCUT2D eigenvalue weighted by Gasteiger charge is -2.33. The molecule has 1 aromatic rings. The van der Waals surface area contributed by atoms with Crippen LogP contribution in [0, 0.1) is 5.41 Å². The summed E-state index contributed by atoms with van der Waals surface area (Å²) in [5.74, 6) is -0.893. The standard InChI is InChI=1S/C13H20N4O4/c1-17-5-2-10(16-17)8-14-12(20)15-9-13(11(18)19)3-6-21-7-4-13/h2,5H,3-4,6-9H2,1H3,(H,18,19)(H2,14,15,20). The van der Waals surface area contributed by atoms with E-state index in [0.29, 0.717) is 32.6 Å². The Hall–Kier alpha value is -2.09. The molecule has 8 nitrogen and oxygen atoms in total. The van der Waals surface area contributed by atoms with Crippen molar-refractivity contribution in [3.63, 3.8) is 0 Å². The number of aromatic nitrogens is 2. The molecular weight excluding hydrogens is 276 g/mol. The molecule has 0 aliphatic carbocycles. The number of hydrogen-bond acceptors (Lipinski definition) is 4. The second-order valence-corrected chi connectivity index (χ2v) is 5.21. The lowest BCUT2D eigenvalue weighted by Crippen LogP contribution is -2.48. The highest BCUT2D eigenvalue weighted by Crippen LogP contribution is 2.29. The van der Waals surface area contributed by atoms with Gasteiger partial charge < -0.3 is 20.5 Å². The molecule has 1 aromatic heterocycles. The predicted octanol–water partition coefficient (Wildman–Crippen LogP) is 0.101. The third-order valence-electron chi connectivity index (χ3n) is 3.69. The Morgan fingerprint density at radius 3 is 2.71 bits per heavy atom. The summed E-state index contributed by atoms with van der Waals surface area (Å²) >= 11 is 0. The number of nitrogens with one attached hydrogen (secondary N) is 2. The van der Waals surface area contributed by atoms with Gasteiger partial charge in [-0.1, -0.05) is 0 Å². The Morgan fingerprint density at radius 2 is 2.14 bits per heavy atom. The van der Waals surface area contributed by atoms with Gasteiger partial charge in [-0.25, -0.2) is 4.79 Å². The van der Waals surface area contributed by atoms with Crippen molar-refractivity contribution in [2.24, 2.45) is 12.5 Å². The Bertz CT molecular complexity index is 508. The summed E-state index contributed by atoms with van der Waals surface area (Å²) in [4.78, 5) is 23.2. The molecule has 1 aliphatic heterocycles. The fourth-order valence-corrected chi connectivity index (χ4v) is 2.27. The highest BCUT2D eigenvalue weighted by atomic mass is 16.5. The minimum atomic E-state index is -0.930. The van der Waals surface area contributed by atoms with Crippen LogP contribution in [0.5, 0.6) is 0 Å². The number of aliphatic carboxylic acids is 1. The SMILES string of the molecule is Cn1ccc(CNC(=O)NCC2(C(=O)O)CCOCC2)n1. The molecule has 2 amide bonds. The molecule has 21 heavy (non-hydrogen) atoms. The van der Waals surface area contributed by atoms with Gasteiger partial charge in [0, 0.05) is 33.0 Å². The molecule has 3 N–H and O–H groups in total. The normalized spacial score (nSPS) is 17.2. The molecule has 8 heteroatoms. The van der Waals surface area contributed by atoms with E-state index in [9.17, 15) is 14.7 Å². The van der Waals surface area contributed by atoms with E-state index in [0.717, 1.165) is 5.69 Å². The molecular formula is C13H20N4O4. The molecule has 2 heterocycles. The molecule has 0 aromatic carbocycles. The zero-order valence-electron chi connectivity index (χ0n) is 12.0. The van der Waals surface area contributed by atoms with Gasteiger partial charge in [-0.15, -0.1) is 0 Å². The zero-order chi connectivity index (χ0) is 15.3. The van der Waals surface area contributed by atoms with Crippen LogP contribution in [0.3, 0.4) is 0 Å². The lowest BCUT2D eigenvalue weighted by molar-refractivity contribution is -0.154. The van der Waals surface area contributed by atoms with Gasteiger partial charge in [0.15, 0.2) is 0 Å². The highest BCUT2D eigenvalue weighted by Gasteiger charge is 2.40. The van der Waals surface area contributed by atoms with E-state index in [1.54, 1.807) is 24.0 Å². The molecule has 0 unspecified atom stereocenters. The van der Waals surface area contributed by atoms with Crippen LogP contribution in [0.2, 0.25) is 0 Å². The number of ether oxygens (including phenoxy) is 1. The topological polar surface area (TPSA) is 105 Å². The second-order valence-electron chi connectivity index (χ2n) is 5.21. The molecule has 0 spiro atoms. The molecule has 116 valence electrons. The maximum absolute atomic E-state index is 11.7. The van der Waals surface area contributed by atoms with E-state index in [1.807, 2.05) is 0 Å². The Kier molecular flexibility index (Phi) is 4.79. The first-order valence-electron chi connectivity index (χ1n) is 6.83.